The molecule has 122 valence electrons. The molecule has 6 heteroatoms. The Morgan fingerprint density at radius 2 is 1.61 bits per heavy atom. The molecule has 0 heterocycles. The first kappa shape index (κ1) is 16.9. The molecule has 0 bridgehead atoms. The second kappa shape index (κ2) is 6.73. The van der Waals surface area contributed by atoms with Crippen LogP contribution in [0.2, 0.25) is 0 Å². The third kappa shape index (κ3) is 4.25. The molecule has 2 aromatic carbocycles. The van der Waals surface area contributed by atoms with Crippen LogP contribution in [0.15, 0.2) is 48.5 Å². The van der Waals surface area contributed by atoms with E-state index in [1.54, 1.807) is 26.2 Å². The van der Waals surface area contributed by atoms with E-state index in [-0.39, 0.29) is 11.6 Å². The lowest BCUT2D eigenvalue weighted by Crippen LogP contribution is -2.26. The van der Waals surface area contributed by atoms with Gasteiger partial charge in [-0.15, -0.1) is 0 Å². The molecule has 0 aliphatic rings. The number of nitrogens with one attached hydrogen (secondary N) is 1. The Morgan fingerprint density at radius 1 is 1.04 bits per heavy atom. The van der Waals surface area contributed by atoms with Crippen LogP contribution in [0.5, 0.6) is 5.75 Å². The van der Waals surface area contributed by atoms with Crippen LogP contribution in [-0.4, -0.2) is 13.0 Å². The van der Waals surface area contributed by atoms with Gasteiger partial charge in [0.25, 0.3) is 5.91 Å². The fourth-order valence-electron chi connectivity index (χ4n) is 2.07. The van der Waals surface area contributed by atoms with E-state index in [2.05, 4.69) is 5.32 Å². The first-order valence-corrected chi connectivity index (χ1v) is 6.93. The van der Waals surface area contributed by atoms with E-state index >= 15 is 0 Å². The van der Waals surface area contributed by atoms with Gasteiger partial charge in [0.2, 0.25) is 0 Å². The molecule has 23 heavy (non-hydrogen) atoms. The van der Waals surface area contributed by atoms with Crippen molar-refractivity contribution in [3.05, 3.63) is 65.2 Å². The monoisotopic (exact) mass is 323 g/mol. The summed E-state index contributed by atoms with van der Waals surface area (Å²) in [5.41, 5.74) is 0.265. The Bertz CT molecular complexity index is 664. The van der Waals surface area contributed by atoms with Crippen LogP contribution in [0.4, 0.5) is 13.2 Å². The van der Waals surface area contributed by atoms with E-state index in [9.17, 15) is 18.0 Å². The maximum absolute atomic E-state index is 12.5. The average molecular weight is 323 g/mol. The van der Waals surface area contributed by atoms with Gasteiger partial charge in [-0.3, -0.25) is 4.79 Å². The topological polar surface area (TPSA) is 38.3 Å². The summed E-state index contributed by atoms with van der Waals surface area (Å²) in [5.74, 6) is 0.275. The van der Waals surface area contributed by atoms with Crippen LogP contribution in [0.1, 0.15) is 34.5 Å². The van der Waals surface area contributed by atoms with Crippen LogP contribution in [-0.2, 0) is 6.18 Å². The lowest BCUT2D eigenvalue weighted by molar-refractivity contribution is -0.137. The number of hydrogen-bond donors (Lipinski definition) is 1. The maximum atomic E-state index is 12.5. The van der Waals surface area contributed by atoms with E-state index < -0.39 is 17.6 Å². The summed E-state index contributed by atoms with van der Waals surface area (Å²) in [5, 5.41) is 2.75. The Morgan fingerprint density at radius 3 is 2.09 bits per heavy atom. The molecular formula is C17H16F3NO2. The Kier molecular flexibility index (Phi) is 4.93. The van der Waals surface area contributed by atoms with Crippen molar-refractivity contribution < 1.29 is 22.7 Å². The van der Waals surface area contributed by atoms with Crippen molar-refractivity contribution >= 4 is 5.91 Å². The van der Waals surface area contributed by atoms with E-state index in [0.717, 1.165) is 17.7 Å². The van der Waals surface area contributed by atoms with E-state index in [0.29, 0.717) is 5.75 Å². The summed E-state index contributed by atoms with van der Waals surface area (Å²) in [4.78, 5) is 12.1. The molecule has 0 saturated carbocycles. The molecule has 0 fully saturated rings. The van der Waals surface area contributed by atoms with Crippen molar-refractivity contribution in [3.8, 4) is 5.75 Å². The third-order valence-corrected chi connectivity index (χ3v) is 3.44. The second-order valence-corrected chi connectivity index (χ2v) is 5.04. The summed E-state index contributed by atoms with van der Waals surface area (Å²) < 4.78 is 42.6. The number of hydrogen-bond acceptors (Lipinski definition) is 2. The lowest BCUT2D eigenvalue weighted by atomic mass is 10.1. The molecule has 0 saturated heterocycles. The van der Waals surface area contributed by atoms with Crippen molar-refractivity contribution in [2.45, 2.75) is 19.1 Å². The second-order valence-electron chi connectivity index (χ2n) is 5.04. The first-order valence-electron chi connectivity index (χ1n) is 6.93. The maximum Gasteiger partial charge on any atom is 0.416 e. The fraction of sp³-hybridized carbons (Fsp3) is 0.235. The molecule has 0 aromatic heterocycles. The zero-order valence-electron chi connectivity index (χ0n) is 12.6. The highest BCUT2D eigenvalue weighted by Gasteiger charge is 2.30. The smallest absolute Gasteiger partial charge is 0.416 e. The van der Waals surface area contributed by atoms with Gasteiger partial charge < -0.3 is 10.1 Å². The number of amides is 1. The van der Waals surface area contributed by atoms with Gasteiger partial charge in [-0.25, -0.2) is 0 Å². The van der Waals surface area contributed by atoms with Gasteiger partial charge in [0.1, 0.15) is 5.75 Å². The Labute approximate surface area is 132 Å². The van der Waals surface area contributed by atoms with E-state index in [4.69, 9.17) is 4.74 Å². The van der Waals surface area contributed by atoms with Crippen molar-refractivity contribution in [2.75, 3.05) is 7.11 Å². The standard InChI is InChI=1S/C17H16F3NO2/c1-11(12-5-9-15(23-2)10-6-12)21-16(22)13-3-7-14(8-4-13)17(18,19)20/h3-11H,1-2H3,(H,21,22). The summed E-state index contributed by atoms with van der Waals surface area (Å²) >= 11 is 0. The Balaban J connectivity index is 2.05. The number of rotatable bonds is 4. The van der Waals surface area contributed by atoms with Gasteiger partial charge in [-0.1, -0.05) is 12.1 Å². The molecule has 0 aliphatic carbocycles. The molecule has 1 atom stereocenters. The molecule has 2 aromatic rings. The van der Waals surface area contributed by atoms with Crippen LogP contribution >= 0.6 is 0 Å². The summed E-state index contributed by atoms with van der Waals surface area (Å²) in [7, 11) is 1.56. The number of benzene rings is 2. The number of halogens is 3. The number of ether oxygens (including phenoxy) is 1. The van der Waals surface area contributed by atoms with Crippen molar-refractivity contribution in [1.29, 1.82) is 0 Å². The molecule has 0 radical (unpaired) electrons. The SMILES string of the molecule is COc1ccc(C(C)NC(=O)c2ccc(C(F)(F)F)cc2)cc1. The summed E-state index contributed by atoms with van der Waals surface area (Å²) in [6.07, 6.45) is -4.41. The van der Waals surface area contributed by atoms with Crippen LogP contribution in [0.25, 0.3) is 0 Å². The number of methoxy groups -OCH3 is 1. The summed E-state index contributed by atoms with van der Waals surface area (Å²) in [6, 6.07) is 11.0. The van der Waals surface area contributed by atoms with Gasteiger partial charge in [0.05, 0.1) is 18.7 Å². The Hall–Kier alpha value is -2.50. The van der Waals surface area contributed by atoms with Crippen molar-refractivity contribution in [2.24, 2.45) is 0 Å². The molecule has 0 aliphatic heterocycles. The molecule has 0 spiro atoms. The zero-order chi connectivity index (χ0) is 17.0. The van der Waals surface area contributed by atoms with Gasteiger partial charge >= 0.3 is 6.18 Å². The fourth-order valence-corrected chi connectivity index (χ4v) is 2.07. The molecule has 1 unspecified atom stereocenters. The third-order valence-electron chi connectivity index (χ3n) is 3.44. The predicted molar refractivity (Wildman–Crippen MR) is 80.3 cm³/mol. The van der Waals surface area contributed by atoms with Crippen molar-refractivity contribution in [3.63, 3.8) is 0 Å². The van der Waals surface area contributed by atoms with Gasteiger partial charge in [-0.05, 0) is 48.9 Å². The predicted octanol–water partition coefficient (Wildman–Crippen LogP) is 4.21. The molecular weight excluding hydrogens is 307 g/mol. The van der Waals surface area contributed by atoms with Crippen LogP contribution < -0.4 is 10.1 Å². The highest BCUT2D eigenvalue weighted by Crippen LogP contribution is 2.29. The van der Waals surface area contributed by atoms with E-state index in [1.807, 2.05) is 12.1 Å². The lowest BCUT2D eigenvalue weighted by Gasteiger charge is -2.15. The largest absolute Gasteiger partial charge is 0.497 e. The van der Waals surface area contributed by atoms with Gasteiger partial charge in [0.15, 0.2) is 0 Å². The summed E-state index contributed by atoms with van der Waals surface area (Å²) in [6.45, 7) is 1.80. The van der Waals surface area contributed by atoms with Crippen LogP contribution in [0, 0.1) is 0 Å². The minimum Gasteiger partial charge on any atom is -0.497 e. The van der Waals surface area contributed by atoms with Crippen LogP contribution in [0.3, 0.4) is 0 Å². The highest BCUT2D eigenvalue weighted by molar-refractivity contribution is 5.94. The number of alkyl halides is 3. The average Bonchev–Trinajstić information content (AvgIpc) is 2.54. The molecule has 2 rings (SSSR count). The molecule has 1 amide bonds. The first-order chi connectivity index (χ1) is 10.8. The normalized spacial score (nSPS) is 12.6. The molecule has 1 N–H and O–H groups in total. The van der Waals surface area contributed by atoms with E-state index in [1.165, 1.54) is 12.1 Å². The number of carbonyl (C=O) groups excluding carboxylic acids is 1. The zero-order valence-corrected chi connectivity index (χ0v) is 12.6. The quantitative estimate of drug-likeness (QED) is 0.915. The highest BCUT2D eigenvalue weighted by atomic mass is 19.4. The molecule has 3 nitrogen and oxygen atoms in total. The van der Waals surface area contributed by atoms with Gasteiger partial charge in [0, 0.05) is 5.56 Å². The number of carbonyl (C=O) groups is 1. The van der Waals surface area contributed by atoms with Crippen molar-refractivity contribution in [1.82, 2.24) is 5.32 Å². The van der Waals surface area contributed by atoms with Gasteiger partial charge in [-0.2, -0.15) is 13.2 Å². The minimum atomic E-state index is -4.41. The minimum absolute atomic E-state index is 0.179.